The number of rotatable bonds is 3. The Morgan fingerprint density at radius 2 is 2.00 bits per heavy atom. The zero-order valence-electron chi connectivity index (χ0n) is 15.7. The third-order valence-corrected chi connectivity index (χ3v) is 6.82. The van der Waals surface area contributed by atoms with Crippen LogP contribution in [0.15, 0.2) is 64.9 Å². The topological polar surface area (TPSA) is 49.2 Å². The predicted octanol–water partition coefficient (Wildman–Crippen LogP) is 3.49. The number of nitrogens with zero attached hydrogens (tertiary/aromatic N) is 1. The molecule has 0 spiro atoms. The maximum Gasteiger partial charge on any atom is 0.221 e. The molecule has 0 bridgehead atoms. The van der Waals surface area contributed by atoms with Crippen LogP contribution < -0.4 is 5.32 Å². The first-order valence-corrected chi connectivity index (χ1v) is 10.0. The lowest BCUT2D eigenvalue weighted by Gasteiger charge is -2.38. The fourth-order valence-electron chi connectivity index (χ4n) is 5.59. The van der Waals surface area contributed by atoms with Crippen LogP contribution in [0.4, 0.5) is 0 Å². The van der Waals surface area contributed by atoms with Crippen LogP contribution >= 0.6 is 0 Å². The van der Waals surface area contributed by atoms with E-state index in [1.165, 1.54) is 27.9 Å². The second-order valence-electron chi connectivity index (χ2n) is 8.30. The third kappa shape index (κ3) is 2.66. The fourth-order valence-corrected chi connectivity index (χ4v) is 5.59. The summed E-state index contributed by atoms with van der Waals surface area (Å²) in [6, 6.07) is 10.5. The molecule has 0 aromatic heterocycles. The van der Waals surface area contributed by atoms with Crippen molar-refractivity contribution in [3.63, 3.8) is 0 Å². The molecular formula is C23H25N2O2+. The Balaban J connectivity index is 1.60. The summed E-state index contributed by atoms with van der Waals surface area (Å²) in [5.41, 5.74) is 6.51. The summed E-state index contributed by atoms with van der Waals surface area (Å²) in [5, 5.41) is 3.64. The van der Waals surface area contributed by atoms with Crippen LogP contribution in [-0.2, 0) is 11.2 Å². The average Bonchev–Trinajstić information content (AvgIpc) is 3.09. The van der Waals surface area contributed by atoms with Gasteiger partial charge in [-0.1, -0.05) is 35.9 Å². The molecule has 1 fully saturated rings. The number of hydrogen-bond donors (Lipinski definition) is 1. The van der Waals surface area contributed by atoms with Crippen molar-refractivity contribution in [2.24, 2.45) is 11.8 Å². The fraction of sp³-hybridized carbons (Fsp3) is 0.435. The molecule has 27 heavy (non-hydrogen) atoms. The van der Waals surface area contributed by atoms with Gasteiger partial charge >= 0.3 is 0 Å². The van der Waals surface area contributed by atoms with Crippen LogP contribution in [0.1, 0.15) is 31.7 Å². The minimum absolute atomic E-state index is 0.0100. The number of allylic oxidation sites excluding steroid dienone is 1. The molecule has 4 unspecified atom stereocenters. The number of hydrogen-bond acceptors (Lipinski definition) is 3. The van der Waals surface area contributed by atoms with E-state index in [-0.39, 0.29) is 23.7 Å². The second kappa shape index (κ2) is 6.38. The van der Waals surface area contributed by atoms with Crippen molar-refractivity contribution in [3.05, 3.63) is 75.4 Å². The van der Waals surface area contributed by atoms with E-state index >= 15 is 0 Å². The van der Waals surface area contributed by atoms with Crippen molar-refractivity contribution >= 4 is 5.78 Å². The van der Waals surface area contributed by atoms with Crippen molar-refractivity contribution in [1.82, 2.24) is 5.32 Å². The van der Waals surface area contributed by atoms with Gasteiger partial charge in [0.15, 0.2) is 0 Å². The van der Waals surface area contributed by atoms with Crippen molar-refractivity contribution < 1.29 is 9.55 Å². The molecule has 4 atom stereocenters. The van der Waals surface area contributed by atoms with Gasteiger partial charge in [0.2, 0.25) is 12.2 Å². The minimum atomic E-state index is -0.109. The summed E-state index contributed by atoms with van der Waals surface area (Å²) in [6.45, 7) is 2.62. The maximum atomic E-state index is 12.7. The second-order valence-corrected chi connectivity index (χ2v) is 8.30. The maximum absolute atomic E-state index is 12.7. The van der Waals surface area contributed by atoms with Gasteiger partial charge in [-0.05, 0) is 48.5 Å². The highest BCUT2D eigenvalue weighted by Crippen LogP contribution is 2.49. The minimum Gasteiger partial charge on any atom is -0.306 e. The van der Waals surface area contributed by atoms with E-state index in [9.17, 15) is 9.70 Å². The molecule has 0 amide bonds. The zero-order valence-corrected chi connectivity index (χ0v) is 15.7. The molecule has 4 heteroatoms. The normalized spacial score (nSPS) is 31.8. The number of nitrogens with one attached hydrogen (secondary N) is 1. The van der Waals surface area contributed by atoms with Crippen LogP contribution in [0, 0.1) is 16.7 Å². The van der Waals surface area contributed by atoms with Crippen molar-refractivity contribution in [3.8, 4) is 0 Å². The number of Topliss-reactive ketones (excluding diaryl/α,β-unsaturated/α-hetero) is 1. The van der Waals surface area contributed by atoms with E-state index in [2.05, 4.69) is 17.4 Å². The number of benzene rings is 1. The standard InChI is InChI=1S/C23H25N2O2/c1-14(26)17-7-8-20-22-16(13-24-20)12-19-18(23(17)22)9-10-25(27)21(19)11-15-5-3-2-4-6-15/h2-6,9-10,17,19-21,24H,7-8,11-13H2,1H3/q+1. The molecule has 2 aliphatic carbocycles. The monoisotopic (exact) mass is 361 g/mol. The number of carbonyl (C=O) groups is 1. The molecule has 4 aliphatic rings. The number of ketones is 1. The zero-order chi connectivity index (χ0) is 18.5. The molecular weight excluding hydrogens is 336 g/mol. The quantitative estimate of drug-likeness (QED) is 0.839. The molecule has 0 saturated heterocycles. The third-order valence-electron chi connectivity index (χ3n) is 6.82. The highest BCUT2D eigenvalue weighted by Gasteiger charge is 2.48. The molecule has 5 rings (SSSR count). The molecule has 1 aromatic rings. The highest BCUT2D eigenvalue weighted by atomic mass is 16.3. The largest absolute Gasteiger partial charge is 0.306 e. The van der Waals surface area contributed by atoms with E-state index in [4.69, 9.17) is 0 Å². The smallest absolute Gasteiger partial charge is 0.221 e. The van der Waals surface area contributed by atoms with Gasteiger partial charge < -0.3 is 5.32 Å². The number of nitroso groups, excluding NO2 is 1. The Labute approximate surface area is 159 Å². The molecule has 1 N–H and O–H groups in total. The first kappa shape index (κ1) is 16.8. The van der Waals surface area contributed by atoms with Crippen LogP contribution in [-0.4, -0.2) is 29.2 Å². The SMILES string of the molecule is CC(=O)C1CCC2NCC3=C2C1=C1C=C[N+](=O)C(Cc2ccccc2)C1C3. The summed E-state index contributed by atoms with van der Waals surface area (Å²) in [6.07, 6.45) is 7.29. The lowest BCUT2D eigenvalue weighted by molar-refractivity contribution is -0.532. The summed E-state index contributed by atoms with van der Waals surface area (Å²) >= 11 is 0. The first-order valence-electron chi connectivity index (χ1n) is 10.0. The Kier molecular flexibility index (Phi) is 3.97. The number of fused-ring (bicyclic) bond motifs is 1. The lowest BCUT2D eigenvalue weighted by atomic mass is 9.65. The van der Waals surface area contributed by atoms with Crippen LogP contribution in [0.5, 0.6) is 0 Å². The van der Waals surface area contributed by atoms with Gasteiger partial charge in [0.1, 0.15) is 5.78 Å². The Morgan fingerprint density at radius 3 is 2.78 bits per heavy atom. The van der Waals surface area contributed by atoms with Crippen LogP contribution in [0.25, 0.3) is 0 Å². The average molecular weight is 361 g/mol. The molecule has 1 saturated carbocycles. The van der Waals surface area contributed by atoms with Gasteiger partial charge in [-0.25, -0.2) is 0 Å². The Hall–Kier alpha value is -2.33. The van der Waals surface area contributed by atoms with Gasteiger partial charge in [-0.2, -0.15) is 0 Å². The molecule has 138 valence electrons. The van der Waals surface area contributed by atoms with E-state index in [1.54, 1.807) is 13.1 Å². The van der Waals surface area contributed by atoms with Crippen molar-refractivity contribution in [2.45, 2.75) is 44.7 Å². The number of carbonyl (C=O) groups excluding carboxylic acids is 1. The predicted molar refractivity (Wildman–Crippen MR) is 104 cm³/mol. The summed E-state index contributed by atoms with van der Waals surface area (Å²) in [5.74, 6) is 0.416. The highest BCUT2D eigenvalue weighted by molar-refractivity contribution is 5.84. The van der Waals surface area contributed by atoms with Crippen molar-refractivity contribution in [2.75, 3.05) is 6.54 Å². The molecule has 1 aromatic carbocycles. The Bertz CT molecular complexity index is 910. The van der Waals surface area contributed by atoms with Gasteiger partial charge in [0.25, 0.3) is 0 Å². The van der Waals surface area contributed by atoms with Gasteiger partial charge in [0, 0.05) is 40.7 Å². The summed E-state index contributed by atoms with van der Waals surface area (Å²) < 4.78 is 1.14. The van der Waals surface area contributed by atoms with Crippen molar-refractivity contribution in [1.29, 1.82) is 0 Å². The van der Waals surface area contributed by atoms with Gasteiger partial charge in [-0.3, -0.25) is 4.79 Å². The molecule has 2 heterocycles. The van der Waals surface area contributed by atoms with Crippen LogP contribution in [0.2, 0.25) is 0 Å². The summed E-state index contributed by atoms with van der Waals surface area (Å²) in [4.78, 5) is 25.2. The summed E-state index contributed by atoms with van der Waals surface area (Å²) in [7, 11) is 0. The van der Waals surface area contributed by atoms with Gasteiger partial charge in [0.05, 0.1) is 5.92 Å². The van der Waals surface area contributed by atoms with E-state index < -0.39 is 0 Å². The van der Waals surface area contributed by atoms with Crippen LogP contribution in [0.3, 0.4) is 0 Å². The molecule has 4 nitrogen and oxygen atoms in total. The van der Waals surface area contributed by atoms with E-state index in [0.29, 0.717) is 6.04 Å². The molecule has 0 radical (unpaired) electrons. The lowest BCUT2D eigenvalue weighted by Crippen LogP contribution is -2.40. The first-order chi connectivity index (χ1) is 13.1. The molecule has 2 aliphatic heterocycles. The van der Waals surface area contributed by atoms with E-state index in [0.717, 1.165) is 37.0 Å². The van der Waals surface area contributed by atoms with Gasteiger partial charge in [-0.15, -0.1) is 0 Å². The van der Waals surface area contributed by atoms with E-state index in [1.807, 2.05) is 24.3 Å². The Morgan fingerprint density at radius 1 is 1.19 bits per heavy atom.